The zero-order valence-corrected chi connectivity index (χ0v) is 55.4. The van der Waals surface area contributed by atoms with Gasteiger partial charge in [-0.15, -0.1) is 0 Å². The number of benzene rings is 10. The van der Waals surface area contributed by atoms with Crippen LogP contribution in [0.1, 0.15) is 90.3 Å². The number of ether oxygens (including phenoxy) is 5. The molecule has 15 heteroatoms. The Balaban J connectivity index is 0.000000555. The Morgan fingerprint density at radius 1 is 0.178 bits per heavy atom. The number of hydrogen-bond donors (Lipinski definition) is 0. The van der Waals surface area contributed by atoms with Gasteiger partial charge in [-0.2, -0.15) is 0 Å². The summed E-state index contributed by atoms with van der Waals surface area (Å²) in [6.07, 6.45) is 5.35. The first-order chi connectivity index (χ1) is 41.4. The molecule has 475 valence electrons. The van der Waals surface area contributed by atoms with Gasteiger partial charge in [0.1, 0.15) is 61.8 Å². The van der Waals surface area contributed by atoms with Gasteiger partial charge in [0.05, 0.1) is 0 Å². The van der Waals surface area contributed by atoms with E-state index < -0.39 is 0 Å². The van der Waals surface area contributed by atoms with E-state index >= 15 is 0 Å². The third-order valence-corrected chi connectivity index (χ3v) is 14.7. The first-order valence-corrected chi connectivity index (χ1v) is 30.8. The van der Waals surface area contributed by atoms with E-state index in [1.165, 1.54) is 55.6 Å². The van der Waals surface area contributed by atoms with Crippen LogP contribution in [0.4, 0.5) is 23.5 Å². The Hall–Kier alpha value is -8.05. The molecule has 0 bridgehead atoms. The minimum Gasteiger partial charge on any atom is -0.489 e. The molecule has 0 fully saturated rings. The Bertz CT molecular complexity index is 2860. The van der Waals surface area contributed by atoms with Crippen LogP contribution >= 0.6 is 63.1 Å². The van der Waals surface area contributed by atoms with Crippen molar-refractivity contribution in [3.05, 3.63) is 298 Å². The highest BCUT2D eigenvalue weighted by Crippen LogP contribution is 2.22. The van der Waals surface area contributed by atoms with E-state index in [9.17, 15) is 0 Å². The minimum atomic E-state index is 0. The van der Waals surface area contributed by atoms with Crippen LogP contribution in [0.15, 0.2) is 267 Å². The molecule has 0 aromatic heterocycles. The highest BCUT2D eigenvalue weighted by atomic mass is 32.1. The highest BCUT2D eigenvalue weighted by molar-refractivity contribution is 7.81. The maximum Gasteiger partial charge on any atom is 0.119 e. The van der Waals surface area contributed by atoms with Crippen LogP contribution in [0.3, 0.4) is 0 Å². The molecule has 0 N–H and O–H groups in total. The van der Waals surface area contributed by atoms with Crippen LogP contribution < -0.4 is 23.7 Å². The quantitative estimate of drug-likeness (QED) is 0.0712. The van der Waals surface area contributed by atoms with Crippen molar-refractivity contribution in [3.8, 4) is 28.7 Å². The summed E-state index contributed by atoms with van der Waals surface area (Å²) in [6, 6.07) is 80.4. The van der Waals surface area contributed by atoms with E-state index in [2.05, 4.69) is 156 Å². The van der Waals surface area contributed by atoms with Gasteiger partial charge in [-0.05, 0) is 209 Å². The largest absolute Gasteiger partial charge is 0.489 e. The average molecular weight is 1320 g/mol. The molecular weight excluding hydrogens is 1240 g/mol. The van der Waals surface area contributed by atoms with Gasteiger partial charge < -0.3 is 23.7 Å². The first-order valence-electron chi connectivity index (χ1n) is 28.8. The summed E-state index contributed by atoms with van der Waals surface area (Å²) in [7, 11) is 0. The molecule has 10 aromatic carbocycles. The number of hydrogen-bond acceptors (Lipinski definition) is 5. The van der Waals surface area contributed by atoms with Crippen molar-refractivity contribution in [2.24, 2.45) is 0 Å². The molecule has 0 saturated heterocycles. The van der Waals surface area contributed by atoms with Crippen molar-refractivity contribution in [1.82, 2.24) is 0 Å². The Morgan fingerprint density at radius 2 is 0.289 bits per heavy atom. The summed E-state index contributed by atoms with van der Waals surface area (Å²) in [4.78, 5) is 4.19. The van der Waals surface area contributed by atoms with Crippen molar-refractivity contribution in [1.29, 1.82) is 0 Å². The monoisotopic (exact) mass is 1320 g/mol. The van der Waals surface area contributed by atoms with Gasteiger partial charge in [-0.1, -0.05) is 219 Å². The average Bonchev–Trinajstić information content (AvgIpc) is 3.65. The van der Waals surface area contributed by atoms with Crippen molar-refractivity contribution >= 4 is 63.1 Å². The SMILES string of the molecule is CCc1ccc(COc2ccc([S])cc2)cc1.CCc1ccc(COc2ccc([S])cc2)cc1.CCc1ccc(COc2ccc([S])cc2)cc1.CCc1ccc(COc2ccc([S])cc2)cc1.CCc1ccc(COc2ccc([S])cc2)cc1.F.F.F.F.F. The molecule has 0 atom stereocenters. The third-order valence-electron chi connectivity index (χ3n) is 13.3. The Labute approximate surface area is 557 Å². The zero-order valence-electron chi connectivity index (χ0n) is 51.3. The highest BCUT2D eigenvalue weighted by Gasteiger charge is 2.02. The summed E-state index contributed by atoms with van der Waals surface area (Å²) in [5.74, 6) is 4.30. The van der Waals surface area contributed by atoms with Gasteiger partial charge in [0.25, 0.3) is 0 Å². The Morgan fingerprint density at radius 3 is 0.400 bits per heavy atom. The number of rotatable bonds is 20. The van der Waals surface area contributed by atoms with Crippen molar-refractivity contribution < 1.29 is 47.2 Å². The molecule has 0 saturated carbocycles. The van der Waals surface area contributed by atoms with Gasteiger partial charge in [-0.3, -0.25) is 23.5 Å². The molecule has 0 unspecified atom stereocenters. The fourth-order valence-electron chi connectivity index (χ4n) is 7.87. The van der Waals surface area contributed by atoms with Crippen LogP contribution in [-0.2, 0) is 65.1 Å². The second-order valence-electron chi connectivity index (χ2n) is 19.7. The van der Waals surface area contributed by atoms with E-state index in [-0.39, 0.29) is 23.5 Å². The molecule has 0 aliphatic heterocycles. The lowest BCUT2D eigenvalue weighted by Gasteiger charge is -2.06. The van der Waals surface area contributed by atoms with Crippen LogP contribution in [0, 0.1) is 0 Å². The second-order valence-corrected chi connectivity index (χ2v) is 22.0. The summed E-state index contributed by atoms with van der Waals surface area (Å²) in [6.45, 7) is 13.8. The van der Waals surface area contributed by atoms with E-state index in [0.717, 1.165) is 85.3 Å². The number of aryl methyl sites for hydroxylation is 5. The van der Waals surface area contributed by atoms with Crippen molar-refractivity contribution in [2.75, 3.05) is 0 Å². The number of halogens is 5. The van der Waals surface area contributed by atoms with Gasteiger partial charge in [0.15, 0.2) is 0 Å². The molecule has 10 rings (SSSR count). The lowest BCUT2D eigenvalue weighted by atomic mass is 10.1. The predicted octanol–water partition coefficient (Wildman–Crippen LogP) is 22.7. The normalized spacial score (nSPS) is 9.61. The molecule has 0 aliphatic carbocycles. The minimum absolute atomic E-state index is 0. The molecule has 0 spiro atoms. The van der Waals surface area contributed by atoms with E-state index in [1.54, 1.807) is 0 Å². The molecule has 5 nitrogen and oxygen atoms in total. The third kappa shape index (κ3) is 30.9. The van der Waals surface area contributed by atoms with Crippen LogP contribution in [0.25, 0.3) is 0 Å². The molecular formula is C75H80F5O5S5. The first kappa shape index (κ1) is 80.0. The van der Waals surface area contributed by atoms with Crippen LogP contribution in [0.2, 0.25) is 0 Å². The van der Waals surface area contributed by atoms with E-state index in [4.69, 9.17) is 86.8 Å². The van der Waals surface area contributed by atoms with Crippen LogP contribution in [-0.4, -0.2) is 0 Å². The van der Waals surface area contributed by atoms with E-state index in [1.807, 2.05) is 121 Å². The van der Waals surface area contributed by atoms with Crippen molar-refractivity contribution in [2.45, 2.75) is 124 Å². The fourth-order valence-corrected chi connectivity index (χ4v) is 8.55. The molecule has 10 aromatic rings. The molecule has 90 heavy (non-hydrogen) atoms. The zero-order chi connectivity index (χ0) is 60.4. The standard InChI is InChI=1S/5C15H15OS.5FH/c5*1-2-12-3-5-13(6-4-12)11-16-14-7-9-15(17)10-8-14;;;;;/h5*3-10H,2,11H2,1H3;5*1H. The van der Waals surface area contributed by atoms with Crippen LogP contribution in [0.5, 0.6) is 28.7 Å². The van der Waals surface area contributed by atoms with Crippen molar-refractivity contribution in [3.63, 3.8) is 0 Å². The van der Waals surface area contributed by atoms with E-state index in [0.29, 0.717) is 33.0 Å². The predicted molar refractivity (Wildman–Crippen MR) is 375 cm³/mol. The second kappa shape index (κ2) is 45.2. The molecule has 5 radical (unpaired) electrons. The molecule has 0 heterocycles. The fraction of sp³-hybridized carbons (Fsp3) is 0.200. The smallest absolute Gasteiger partial charge is 0.119 e. The van der Waals surface area contributed by atoms with Gasteiger partial charge in [-0.25, -0.2) is 0 Å². The maximum atomic E-state index is 5.67. The summed E-state index contributed by atoms with van der Waals surface area (Å²) >= 11 is 25.1. The summed E-state index contributed by atoms with van der Waals surface area (Å²) < 4.78 is 28.4. The lowest BCUT2D eigenvalue weighted by molar-refractivity contribution is 0.306. The molecule has 0 amide bonds. The summed E-state index contributed by atoms with van der Waals surface area (Å²) in [5, 5.41) is 0. The Kier molecular flexibility index (Phi) is 40.2. The topological polar surface area (TPSA) is 46.2 Å². The van der Waals surface area contributed by atoms with Gasteiger partial charge in [0, 0.05) is 24.5 Å². The maximum absolute atomic E-state index is 5.67. The van der Waals surface area contributed by atoms with Gasteiger partial charge in [0.2, 0.25) is 0 Å². The lowest BCUT2D eigenvalue weighted by Crippen LogP contribution is -1.95. The molecule has 0 aliphatic rings. The van der Waals surface area contributed by atoms with Gasteiger partial charge >= 0.3 is 0 Å². The summed E-state index contributed by atoms with van der Waals surface area (Å²) in [5.41, 5.74) is 12.7.